The van der Waals surface area contributed by atoms with Crippen molar-refractivity contribution in [3.63, 3.8) is 0 Å². The fourth-order valence-electron chi connectivity index (χ4n) is 2.69. The first-order chi connectivity index (χ1) is 9.37. The maximum Gasteiger partial charge on any atom is 0.304 e. The van der Waals surface area contributed by atoms with Crippen LogP contribution < -0.4 is 0 Å². The van der Waals surface area contributed by atoms with Gasteiger partial charge in [0.05, 0.1) is 24.2 Å². The first kappa shape index (κ1) is 15.1. The molecule has 0 saturated carbocycles. The second kappa shape index (κ2) is 5.97. The summed E-state index contributed by atoms with van der Waals surface area (Å²) in [6.45, 7) is 2.34. The maximum absolute atomic E-state index is 11.7. The molecule has 1 aliphatic rings. The van der Waals surface area contributed by atoms with Crippen molar-refractivity contribution in [1.29, 1.82) is 0 Å². The third kappa shape index (κ3) is 3.83. The van der Waals surface area contributed by atoms with E-state index in [9.17, 15) is 13.2 Å². The minimum Gasteiger partial charge on any atom is -0.481 e. The van der Waals surface area contributed by atoms with E-state index in [4.69, 9.17) is 9.52 Å². The number of carboxylic acids is 1. The Hall–Kier alpha value is -1.34. The van der Waals surface area contributed by atoms with Crippen LogP contribution in [0.25, 0.3) is 0 Å². The van der Waals surface area contributed by atoms with E-state index < -0.39 is 21.8 Å². The smallest absolute Gasteiger partial charge is 0.304 e. The van der Waals surface area contributed by atoms with Gasteiger partial charge in [0.15, 0.2) is 9.84 Å². The first-order valence-corrected chi connectivity index (χ1v) is 8.40. The number of hydrogen-bond acceptors (Lipinski definition) is 5. The topological polar surface area (TPSA) is 87.8 Å². The van der Waals surface area contributed by atoms with Gasteiger partial charge in [0.1, 0.15) is 5.76 Å². The molecule has 1 saturated heterocycles. The highest BCUT2D eigenvalue weighted by Gasteiger charge is 2.35. The molecule has 0 bridgehead atoms. The molecule has 112 valence electrons. The summed E-state index contributed by atoms with van der Waals surface area (Å²) >= 11 is 0. The predicted molar refractivity (Wildman–Crippen MR) is 73.3 cm³/mol. The monoisotopic (exact) mass is 301 g/mol. The zero-order chi connectivity index (χ0) is 14.8. The molecule has 20 heavy (non-hydrogen) atoms. The number of nitrogens with zero attached hydrogens (tertiary/aromatic N) is 1. The van der Waals surface area contributed by atoms with Crippen molar-refractivity contribution in [2.45, 2.75) is 31.8 Å². The van der Waals surface area contributed by atoms with E-state index in [-0.39, 0.29) is 24.0 Å². The van der Waals surface area contributed by atoms with Crippen molar-refractivity contribution in [2.24, 2.45) is 0 Å². The van der Waals surface area contributed by atoms with Crippen LogP contribution in [-0.4, -0.2) is 54.5 Å². The fraction of sp³-hybridized carbons (Fsp3) is 0.615. The summed E-state index contributed by atoms with van der Waals surface area (Å²) in [5.74, 6) is -0.143. The molecule has 1 aromatic heterocycles. The lowest BCUT2D eigenvalue weighted by Gasteiger charge is -2.38. The van der Waals surface area contributed by atoms with Gasteiger partial charge >= 0.3 is 5.97 Å². The average Bonchev–Trinajstić information content (AvgIpc) is 2.79. The second-order valence-corrected chi connectivity index (χ2v) is 7.47. The van der Waals surface area contributed by atoms with Crippen LogP contribution in [0.15, 0.2) is 22.8 Å². The standard InChI is InChI=1S/C13H19NO5S/c1-10(7-12-3-2-5-19-12)14-4-6-20(17,18)9-11(14)8-13(15)16/h2-3,5,10-11H,4,6-9H2,1H3,(H,15,16). The van der Waals surface area contributed by atoms with E-state index in [2.05, 4.69) is 0 Å². The van der Waals surface area contributed by atoms with Crippen LogP contribution in [0.2, 0.25) is 0 Å². The summed E-state index contributed by atoms with van der Waals surface area (Å²) in [5, 5.41) is 8.95. The molecule has 0 amide bonds. The zero-order valence-electron chi connectivity index (χ0n) is 11.4. The van der Waals surface area contributed by atoms with Gasteiger partial charge in [-0.3, -0.25) is 9.69 Å². The summed E-state index contributed by atoms with van der Waals surface area (Å²) in [6.07, 6.45) is 2.09. The second-order valence-electron chi connectivity index (χ2n) is 5.24. The van der Waals surface area contributed by atoms with Gasteiger partial charge in [-0.15, -0.1) is 0 Å². The Morgan fingerprint density at radius 1 is 1.60 bits per heavy atom. The van der Waals surface area contributed by atoms with Crippen LogP contribution in [0.4, 0.5) is 0 Å². The molecule has 0 aromatic carbocycles. The van der Waals surface area contributed by atoms with Gasteiger partial charge in [-0.05, 0) is 19.1 Å². The molecule has 2 atom stereocenters. The van der Waals surface area contributed by atoms with E-state index in [0.29, 0.717) is 13.0 Å². The van der Waals surface area contributed by atoms with Crippen LogP contribution in [-0.2, 0) is 21.1 Å². The van der Waals surface area contributed by atoms with E-state index in [1.165, 1.54) is 0 Å². The Bertz CT molecular complexity index is 551. The molecule has 0 aliphatic carbocycles. The number of aliphatic carboxylic acids is 1. The van der Waals surface area contributed by atoms with Crippen LogP contribution in [0.3, 0.4) is 0 Å². The quantitative estimate of drug-likeness (QED) is 0.865. The highest BCUT2D eigenvalue weighted by molar-refractivity contribution is 7.91. The Morgan fingerprint density at radius 3 is 2.95 bits per heavy atom. The normalized spacial score (nSPS) is 24.4. The van der Waals surface area contributed by atoms with Crippen LogP contribution in [0.5, 0.6) is 0 Å². The number of sulfone groups is 1. The van der Waals surface area contributed by atoms with E-state index >= 15 is 0 Å². The Kier molecular flexibility index (Phi) is 4.49. The van der Waals surface area contributed by atoms with Crippen LogP contribution >= 0.6 is 0 Å². The molecule has 1 aliphatic heterocycles. The molecular formula is C13H19NO5S. The van der Waals surface area contributed by atoms with Crippen molar-refractivity contribution in [3.05, 3.63) is 24.2 Å². The van der Waals surface area contributed by atoms with Crippen LogP contribution in [0, 0.1) is 0 Å². The molecule has 6 nitrogen and oxygen atoms in total. The van der Waals surface area contributed by atoms with Gasteiger partial charge in [0.2, 0.25) is 0 Å². The lowest BCUT2D eigenvalue weighted by molar-refractivity contribution is -0.138. The van der Waals surface area contributed by atoms with Crippen molar-refractivity contribution < 1.29 is 22.7 Å². The lowest BCUT2D eigenvalue weighted by Crippen LogP contribution is -2.53. The molecule has 2 heterocycles. The van der Waals surface area contributed by atoms with Crippen molar-refractivity contribution in [1.82, 2.24) is 4.90 Å². The first-order valence-electron chi connectivity index (χ1n) is 6.58. The maximum atomic E-state index is 11.7. The molecule has 0 radical (unpaired) electrons. The number of hydrogen-bond donors (Lipinski definition) is 1. The molecule has 7 heteroatoms. The Morgan fingerprint density at radius 2 is 2.35 bits per heavy atom. The molecular weight excluding hydrogens is 282 g/mol. The molecule has 1 N–H and O–H groups in total. The number of rotatable bonds is 5. The lowest BCUT2D eigenvalue weighted by atomic mass is 10.1. The molecule has 1 fully saturated rings. The van der Waals surface area contributed by atoms with Crippen molar-refractivity contribution in [2.75, 3.05) is 18.1 Å². The minimum absolute atomic E-state index is 0.0426. The SMILES string of the molecule is CC(Cc1ccco1)N1CCS(=O)(=O)CC1CC(=O)O. The summed E-state index contributed by atoms with van der Waals surface area (Å²) in [4.78, 5) is 12.9. The Labute approximate surface area is 118 Å². The summed E-state index contributed by atoms with van der Waals surface area (Å²) < 4.78 is 28.7. The van der Waals surface area contributed by atoms with Gasteiger partial charge in [0, 0.05) is 25.0 Å². The highest BCUT2D eigenvalue weighted by Crippen LogP contribution is 2.20. The third-order valence-electron chi connectivity index (χ3n) is 3.63. The zero-order valence-corrected chi connectivity index (χ0v) is 12.2. The fourth-order valence-corrected chi connectivity index (χ4v) is 4.25. The predicted octanol–water partition coefficient (Wildman–Crippen LogP) is 0.784. The third-order valence-corrected chi connectivity index (χ3v) is 5.33. The molecule has 1 aromatic rings. The van der Waals surface area contributed by atoms with E-state index in [1.54, 1.807) is 12.3 Å². The largest absolute Gasteiger partial charge is 0.481 e. The number of carboxylic acid groups (broad SMARTS) is 1. The number of carbonyl (C=O) groups is 1. The van der Waals surface area contributed by atoms with Gasteiger partial charge in [-0.2, -0.15) is 0 Å². The van der Waals surface area contributed by atoms with Gasteiger partial charge in [-0.1, -0.05) is 0 Å². The van der Waals surface area contributed by atoms with Gasteiger partial charge in [0.25, 0.3) is 0 Å². The van der Waals surface area contributed by atoms with Crippen molar-refractivity contribution in [3.8, 4) is 0 Å². The molecule has 0 spiro atoms. The van der Waals surface area contributed by atoms with E-state index in [1.807, 2.05) is 17.9 Å². The van der Waals surface area contributed by atoms with Gasteiger partial charge < -0.3 is 9.52 Å². The summed E-state index contributed by atoms with van der Waals surface area (Å²) in [5.41, 5.74) is 0. The highest BCUT2D eigenvalue weighted by atomic mass is 32.2. The Balaban J connectivity index is 2.08. The van der Waals surface area contributed by atoms with Crippen LogP contribution in [0.1, 0.15) is 19.1 Å². The summed E-state index contributed by atoms with van der Waals surface area (Å²) in [6, 6.07) is 3.25. The van der Waals surface area contributed by atoms with Crippen molar-refractivity contribution >= 4 is 15.8 Å². The van der Waals surface area contributed by atoms with E-state index in [0.717, 1.165) is 5.76 Å². The summed E-state index contributed by atoms with van der Waals surface area (Å²) in [7, 11) is -3.13. The van der Waals surface area contributed by atoms with Gasteiger partial charge in [-0.25, -0.2) is 8.42 Å². The minimum atomic E-state index is -3.13. The molecule has 2 rings (SSSR count). The number of furan rings is 1. The average molecular weight is 301 g/mol. The molecule has 2 unspecified atom stereocenters.